The largest absolute Gasteiger partial charge is 0.374 e. The molecule has 1 unspecified atom stereocenters. The molecule has 1 aromatic heterocycles. The highest BCUT2D eigenvalue weighted by Crippen LogP contribution is 2.20. The van der Waals surface area contributed by atoms with Gasteiger partial charge in [0.15, 0.2) is 0 Å². The first kappa shape index (κ1) is 12.0. The van der Waals surface area contributed by atoms with E-state index < -0.39 is 0 Å². The van der Waals surface area contributed by atoms with Crippen LogP contribution in [-0.2, 0) is 11.3 Å². The van der Waals surface area contributed by atoms with Crippen molar-refractivity contribution in [2.24, 2.45) is 0 Å². The first-order valence-electron chi connectivity index (χ1n) is 5.84. The van der Waals surface area contributed by atoms with Gasteiger partial charge in [-0.05, 0) is 25.5 Å². The number of thiophene rings is 1. The molecule has 1 saturated heterocycles. The highest BCUT2D eigenvalue weighted by molar-refractivity contribution is 7.12. The monoisotopic (exact) mass is 240 g/mol. The van der Waals surface area contributed by atoms with E-state index in [0.29, 0.717) is 6.10 Å². The maximum Gasteiger partial charge on any atom is 0.0824 e. The van der Waals surface area contributed by atoms with Gasteiger partial charge in [0.1, 0.15) is 0 Å². The van der Waals surface area contributed by atoms with Crippen LogP contribution in [-0.4, -0.2) is 32.3 Å². The van der Waals surface area contributed by atoms with Crippen molar-refractivity contribution in [3.63, 3.8) is 0 Å². The number of hydrogen-bond acceptors (Lipinski definition) is 4. The maximum absolute atomic E-state index is 5.62. The summed E-state index contributed by atoms with van der Waals surface area (Å²) in [5.74, 6) is 0. The molecule has 2 rings (SSSR count). The van der Waals surface area contributed by atoms with Crippen molar-refractivity contribution in [2.45, 2.75) is 26.5 Å². The van der Waals surface area contributed by atoms with Gasteiger partial charge in [0.05, 0.1) is 12.7 Å². The van der Waals surface area contributed by atoms with Crippen LogP contribution in [0.2, 0.25) is 0 Å². The van der Waals surface area contributed by atoms with Crippen LogP contribution in [0.25, 0.3) is 0 Å². The number of ether oxygens (including phenoxy) is 1. The first-order valence-corrected chi connectivity index (χ1v) is 6.66. The number of rotatable bonds is 4. The zero-order valence-electron chi connectivity index (χ0n) is 10.0. The number of nitrogens with one attached hydrogen (secondary N) is 2. The summed E-state index contributed by atoms with van der Waals surface area (Å²) in [6.45, 7) is 9.03. The summed E-state index contributed by atoms with van der Waals surface area (Å²) in [6.07, 6.45) is 0.330. The van der Waals surface area contributed by atoms with Gasteiger partial charge in [0, 0.05) is 35.9 Å². The second-order valence-electron chi connectivity index (χ2n) is 4.28. The molecule has 0 saturated carbocycles. The fraction of sp³-hybridized carbons (Fsp3) is 0.667. The van der Waals surface area contributed by atoms with Gasteiger partial charge in [-0.2, -0.15) is 0 Å². The molecule has 0 bridgehead atoms. The molecule has 0 aromatic carbocycles. The van der Waals surface area contributed by atoms with Crippen molar-refractivity contribution >= 4 is 11.3 Å². The molecule has 90 valence electrons. The molecule has 1 aromatic rings. The van der Waals surface area contributed by atoms with Crippen molar-refractivity contribution in [2.75, 3.05) is 26.2 Å². The standard InChI is InChI=1S/C12H20N2OS/c1-9-5-12(16-10(9)2)8-14-7-11-6-13-3-4-15-11/h5,11,13-14H,3-4,6-8H2,1-2H3. The third-order valence-corrected chi connectivity index (χ3v) is 4.05. The molecule has 1 atom stereocenters. The van der Waals surface area contributed by atoms with Gasteiger partial charge in [0.25, 0.3) is 0 Å². The smallest absolute Gasteiger partial charge is 0.0824 e. The van der Waals surface area contributed by atoms with E-state index in [1.807, 2.05) is 11.3 Å². The Kier molecular flexibility index (Phi) is 4.35. The molecule has 0 spiro atoms. The van der Waals surface area contributed by atoms with Crippen molar-refractivity contribution < 1.29 is 4.74 Å². The first-order chi connectivity index (χ1) is 7.75. The van der Waals surface area contributed by atoms with E-state index in [2.05, 4.69) is 30.5 Å². The third-order valence-electron chi connectivity index (χ3n) is 2.89. The Labute approximate surface area is 101 Å². The summed E-state index contributed by atoms with van der Waals surface area (Å²) < 4.78 is 5.62. The SMILES string of the molecule is Cc1cc(CNCC2CNCCO2)sc1C. The minimum Gasteiger partial charge on any atom is -0.374 e. The second-order valence-corrected chi connectivity index (χ2v) is 5.62. The lowest BCUT2D eigenvalue weighted by Crippen LogP contribution is -2.43. The van der Waals surface area contributed by atoms with E-state index in [0.717, 1.165) is 32.8 Å². The summed E-state index contributed by atoms with van der Waals surface area (Å²) in [4.78, 5) is 2.84. The molecule has 0 radical (unpaired) electrons. The van der Waals surface area contributed by atoms with E-state index in [1.165, 1.54) is 15.3 Å². The van der Waals surface area contributed by atoms with Crippen LogP contribution in [0.4, 0.5) is 0 Å². The van der Waals surface area contributed by atoms with Gasteiger partial charge in [-0.1, -0.05) is 0 Å². The van der Waals surface area contributed by atoms with Crippen LogP contribution >= 0.6 is 11.3 Å². The quantitative estimate of drug-likeness (QED) is 0.835. The minimum atomic E-state index is 0.330. The Morgan fingerprint density at radius 1 is 1.56 bits per heavy atom. The average Bonchev–Trinajstić information content (AvgIpc) is 2.60. The van der Waals surface area contributed by atoms with Crippen molar-refractivity contribution in [1.29, 1.82) is 0 Å². The summed E-state index contributed by atoms with van der Waals surface area (Å²) in [6, 6.07) is 2.27. The summed E-state index contributed by atoms with van der Waals surface area (Å²) >= 11 is 1.88. The van der Waals surface area contributed by atoms with Gasteiger partial charge < -0.3 is 15.4 Å². The molecular formula is C12H20N2OS. The second kappa shape index (κ2) is 5.77. The fourth-order valence-corrected chi connectivity index (χ4v) is 2.87. The number of aryl methyl sites for hydroxylation is 2. The molecule has 0 aliphatic carbocycles. The topological polar surface area (TPSA) is 33.3 Å². The molecule has 2 heterocycles. The fourth-order valence-electron chi connectivity index (χ4n) is 1.84. The molecule has 1 aliphatic heterocycles. The van der Waals surface area contributed by atoms with Crippen LogP contribution in [0.1, 0.15) is 15.3 Å². The highest BCUT2D eigenvalue weighted by atomic mass is 32.1. The van der Waals surface area contributed by atoms with Crippen molar-refractivity contribution in [3.8, 4) is 0 Å². The zero-order valence-corrected chi connectivity index (χ0v) is 10.8. The Balaban J connectivity index is 1.71. The third kappa shape index (κ3) is 3.28. The summed E-state index contributed by atoms with van der Waals surface area (Å²) in [5, 5.41) is 6.79. The van der Waals surface area contributed by atoms with Crippen molar-refractivity contribution in [1.82, 2.24) is 10.6 Å². The predicted molar refractivity (Wildman–Crippen MR) is 68.1 cm³/mol. The molecule has 16 heavy (non-hydrogen) atoms. The van der Waals surface area contributed by atoms with Crippen LogP contribution in [0.15, 0.2) is 6.07 Å². The number of hydrogen-bond donors (Lipinski definition) is 2. The van der Waals surface area contributed by atoms with Gasteiger partial charge in [-0.15, -0.1) is 11.3 Å². The average molecular weight is 240 g/mol. The molecule has 4 heteroatoms. The molecule has 0 amide bonds. The normalized spacial score (nSPS) is 21.2. The lowest BCUT2D eigenvalue weighted by atomic mass is 10.3. The minimum absolute atomic E-state index is 0.330. The molecule has 2 N–H and O–H groups in total. The van der Waals surface area contributed by atoms with Crippen LogP contribution in [0, 0.1) is 13.8 Å². The molecular weight excluding hydrogens is 220 g/mol. The Morgan fingerprint density at radius 2 is 2.44 bits per heavy atom. The molecule has 1 fully saturated rings. The van der Waals surface area contributed by atoms with Crippen molar-refractivity contribution in [3.05, 3.63) is 21.4 Å². The molecule has 3 nitrogen and oxygen atoms in total. The lowest BCUT2D eigenvalue weighted by molar-refractivity contribution is 0.0291. The Bertz CT molecular complexity index is 312. The van der Waals surface area contributed by atoms with Gasteiger partial charge in [0.2, 0.25) is 0 Å². The Morgan fingerprint density at radius 3 is 3.06 bits per heavy atom. The van der Waals surface area contributed by atoms with E-state index >= 15 is 0 Å². The van der Waals surface area contributed by atoms with E-state index in [4.69, 9.17) is 4.74 Å². The lowest BCUT2D eigenvalue weighted by Gasteiger charge is -2.23. The van der Waals surface area contributed by atoms with Gasteiger partial charge in [-0.25, -0.2) is 0 Å². The predicted octanol–water partition coefficient (Wildman–Crippen LogP) is 1.44. The zero-order chi connectivity index (χ0) is 11.4. The van der Waals surface area contributed by atoms with Crippen LogP contribution in [0.5, 0.6) is 0 Å². The van der Waals surface area contributed by atoms with E-state index in [-0.39, 0.29) is 0 Å². The Hall–Kier alpha value is -0.420. The van der Waals surface area contributed by atoms with E-state index in [9.17, 15) is 0 Å². The molecule has 1 aliphatic rings. The van der Waals surface area contributed by atoms with Crippen LogP contribution in [0.3, 0.4) is 0 Å². The van der Waals surface area contributed by atoms with Gasteiger partial charge in [-0.3, -0.25) is 0 Å². The summed E-state index contributed by atoms with van der Waals surface area (Å²) in [7, 11) is 0. The maximum atomic E-state index is 5.62. The van der Waals surface area contributed by atoms with Crippen LogP contribution < -0.4 is 10.6 Å². The van der Waals surface area contributed by atoms with Gasteiger partial charge >= 0.3 is 0 Å². The summed E-state index contributed by atoms with van der Waals surface area (Å²) in [5.41, 5.74) is 1.40. The van der Waals surface area contributed by atoms with E-state index in [1.54, 1.807) is 0 Å². The number of morpholine rings is 1. The highest BCUT2D eigenvalue weighted by Gasteiger charge is 2.12.